The van der Waals surface area contributed by atoms with E-state index in [9.17, 15) is 0 Å². The van der Waals surface area contributed by atoms with Gasteiger partial charge in [0.05, 0.1) is 16.6 Å². The van der Waals surface area contributed by atoms with Crippen LogP contribution >= 0.6 is 0 Å². The van der Waals surface area contributed by atoms with Gasteiger partial charge in [-0.15, -0.1) is 0 Å². The Hall–Kier alpha value is -4.50. The highest BCUT2D eigenvalue weighted by Gasteiger charge is 2.20. The summed E-state index contributed by atoms with van der Waals surface area (Å²) in [4.78, 5) is 0. The van der Waals surface area contributed by atoms with Gasteiger partial charge in [0.25, 0.3) is 0 Å². The van der Waals surface area contributed by atoms with E-state index in [4.69, 9.17) is 8.83 Å². The van der Waals surface area contributed by atoms with Crippen LogP contribution in [0.15, 0.2) is 99.8 Å². The molecule has 152 valence electrons. The van der Waals surface area contributed by atoms with Crippen LogP contribution in [0.2, 0.25) is 0 Å². The van der Waals surface area contributed by atoms with Crippen LogP contribution in [-0.2, 0) is 0 Å². The van der Waals surface area contributed by atoms with Crippen LogP contribution in [0, 0.1) is 0 Å². The van der Waals surface area contributed by atoms with E-state index in [1.165, 1.54) is 38.1 Å². The average molecular weight is 421 g/mol. The van der Waals surface area contributed by atoms with Crippen LogP contribution in [0.5, 0.6) is 0 Å². The first-order valence-electron chi connectivity index (χ1n) is 11.2. The molecule has 3 heteroatoms. The van der Waals surface area contributed by atoms with Gasteiger partial charge in [0.1, 0.15) is 22.3 Å². The summed E-state index contributed by atoms with van der Waals surface area (Å²) in [6.45, 7) is 0. The number of furan rings is 2. The number of nitrogens with zero attached hydrogens (tertiary/aromatic N) is 1. The molecule has 0 bridgehead atoms. The van der Waals surface area contributed by atoms with Gasteiger partial charge in [0, 0.05) is 55.2 Å². The van der Waals surface area contributed by atoms with E-state index in [0.29, 0.717) is 0 Å². The summed E-state index contributed by atoms with van der Waals surface area (Å²) in [6.07, 6.45) is 0. The van der Waals surface area contributed by atoms with Gasteiger partial charge in [-0.1, -0.05) is 54.6 Å². The van der Waals surface area contributed by atoms with Gasteiger partial charge in [0.15, 0.2) is 0 Å². The molecular formula is C30H15NO2. The molecule has 4 heterocycles. The average Bonchev–Trinajstić information content (AvgIpc) is 3.57. The third kappa shape index (κ3) is 1.81. The zero-order chi connectivity index (χ0) is 21.3. The van der Waals surface area contributed by atoms with Crippen molar-refractivity contribution in [2.24, 2.45) is 0 Å². The lowest BCUT2D eigenvalue weighted by atomic mass is 10.0. The Balaban J connectivity index is 1.54. The smallest absolute Gasteiger partial charge is 0.137 e. The molecule has 4 aromatic heterocycles. The first kappa shape index (κ1) is 16.2. The number of fused-ring (bicyclic) bond motifs is 12. The molecule has 0 radical (unpaired) electrons. The van der Waals surface area contributed by atoms with Crippen LogP contribution in [-0.4, -0.2) is 4.40 Å². The minimum Gasteiger partial charge on any atom is -0.456 e. The predicted molar refractivity (Wildman–Crippen MR) is 136 cm³/mol. The summed E-state index contributed by atoms with van der Waals surface area (Å²) in [7, 11) is 0. The van der Waals surface area contributed by atoms with Crippen molar-refractivity contribution in [3.63, 3.8) is 0 Å². The maximum atomic E-state index is 6.24. The van der Waals surface area contributed by atoms with Crippen LogP contribution in [0.25, 0.3) is 82.0 Å². The third-order valence-electron chi connectivity index (χ3n) is 7.31. The highest BCUT2D eigenvalue weighted by molar-refractivity contribution is 6.27. The molecule has 3 nitrogen and oxygen atoms in total. The molecule has 0 saturated carbocycles. The quantitative estimate of drug-likeness (QED) is 0.245. The minimum atomic E-state index is 0.919. The summed E-state index contributed by atoms with van der Waals surface area (Å²) < 4.78 is 14.9. The van der Waals surface area contributed by atoms with Gasteiger partial charge in [-0.05, 0) is 24.3 Å². The normalized spacial score (nSPS) is 12.8. The van der Waals surface area contributed by atoms with Crippen molar-refractivity contribution < 1.29 is 8.83 Å². The van der Waals surface area contributed by atoms with Crippen molar-refractivity contribution in [1.82, 2.24) is 4.40 Å². The molecule has 0 aliphatic carbocycles. The molecule has 0 N–H and O–H groups in total. The van der Waals surface area contributed by atoms with Crippen molar-refractivity contribution >= 4 is 82.0 Å². The second-order valence-electron chi connectivity index (χ2n) is 8.96. The van der Waals surface area contributed by atoms with Crippen molar-refractivity contribution in [3.8, 4) is 0 Å². The second kappa shape index (κ2) is 5.28. The minimum absolute atomic E-state index is 0.919. The van der Waals surface area contributed by atoms with Crippen LogP contribution in [0.3, 0.4) is 0 Å². The Morgan fingerprint density at radius 3 is 1.42 bits per heavy atom. The number of para-hydroxylation sites is 3. The topological polar surface area (TPSA) is 30.7 Å². The summed E-state index contributed by atoms with van der Waals surface area (Å²) in [6, 6.07) is 32.2. The molecular weight excluding hydrogens is 406 g/mol. The van der Waals surface area contributed by atoms with Gasteiger partial charge in [-0.25, -0.2) is 0 Å². The molecule has 0 saturated heterocycles. The highest BCUT2D eigenvalue weighted by Crippen LogP contribution is 2.43. The fourth-order valence-electron chi connectivity index (χ4n) is 5.91. The third-order valence-corrected chi connectivity index (χ3v) is 7.31. The zero-order valence-electron chi connectivity index (χ0n) is 17.4. The summed E-state index contributed by atoms with van der Waals surface area (Å²) >= 11 is 0. The van der Waals surface area contributed by atoms with E-state index in [2.05, 4.69) is 71.1 Å². The molecule has 0 fully saturated rings. The molecule has 0 unspecified atom stereocenters. The molecule has 0 aliphatic rings. The molecule has 0 amide bonds. The zero-order valence-corrected chi connectivity index (χ0v) is 17.4. The lowest BCUT2D eigenvalue weighted by Gasteiger charge is -1.99. The predicted octanol–water partition coefficient (Wildman–Crippen LogP) is 8.64. The van der Waals surface area contributed by atoms with E-state index < -0.39 is 0 Å². The van der Waals surface area contributed by atoms with Crippen molar-refractivity contribution in [1.29, 1.82) is 0 Å². The Bertz CT molecular complexity index is 2080. The van der Waals surface area contributed by atoms with Crippen LogP contribution in [0.4, 0.5) is 0 Å². The molecule has 0 spiro atoms. The molecule has 33 heavy (non-hydrogen) atoms. The SMILES string of the molecule is c1ccc2c(c1)oc1cc3c(cc12)c1cccc2c4cc5c(cc4n3c12)oc1ccccc15. The monoisotopic (exact) mass is 421 g/mol. The van der Waals surface area contributed by atoms with E-state index in [1.54, 1.807) is 0 Å². The number of hydrogen-bond donors (Lipinski definition) is 0. The molecule has 9 aromatic rings. The molecule has 0 atom stereocenters. The number of rotatable bonds is 0. The Morgan fingerprint density at radius 2 is 0.879 bits per heavy atom. The Morgan fingerprint density at radius 1 is 0.394 bits per heavy atom. The van der Waals surface area contributed by atoms with E-state index in [0.717, 1.165) is 43.9 Å². The number of aromatic nitrogens is 1. The molecule has 5 aromatic carbocycles. The molecule has 9 rings (SSSR count). The Kier molecular flexibility index (Phi) is 2.59. The van der Waals surface area contributed by atoms with E-state index in [-0.39, 0.29) is 0 Å². The van der Waals surface area contributed by atoms with E-state index in [1.807, 2.05) is 24.3 Å². The summed E-state index contributed by atoms with van der Waals surface area (Å²) in [5.41, 5.74) is 7.28. The van der Waals surface area contributed by atoms with Crippen LogP contribution < -0.4 is 0 Å². The lowest BCUT2D eigenvalue weighted by Crippen LogP contribution is -1.80. The Labute approximate surface area is 186 Å². The van der Waals surface area contributed by atoms with Crippen molar-refractivity contribution in [2.75, 3.05) is 0 Å². The summed E-state index contributed by atoms with van der Waals surface area (Å²) in [5, 5.41) is 9.69. The van der Waals surface area contributed by atoms with Gasteiger partial charge in [-0.2, -0.15) is 0 Å². The first-order valence-corrected chi connectivity index (χ1v) is 11.2. The van der Waals surface area contributed by atoms with Gasteiger partial charge < -0.3 is 13.2 Å². The number of hydrogen-bond acceptors (Lipinski definition) is 2. The van der Waals surface area contributed by atoms with Gasteiger partial charge >= 0.3 is 0 Å². The second-order valence-corrected chi connectivity index (χ2v) is 8.96. The van der Waals surface area contributed by atoms with E-state index >= 15 is 0 Å². The van der Waals surface area contributed by atoms with Crippen molar-refractivity contribution in [2.45, 2.75) is 0 Å². The largest absolute Gasteiger partial charge is 0.456 e. The van der Waals surface area contributed by atoms with Gasteiger partial charge in [0.2, 0.25) is 0 Å². The van der Waals surface area contributed by atoms with Crippen LogP contribution in [0.1, 0.15) is 0 Å². The maximum absolute atomic E-state index is 6.24. The fourth-order valence-corrected chi connectivity index (χ4v) is 5.91. The fraction of sp³-hybridized carbons (Fsp3) is 0. The standard InChI is InChI=1S/C30H15NO2/c1-3-10-26-16(6-1)22-12-20-18-8-5-9-19-21-13-23-17-7-2-4-11-27(17)33-29(23)15-25(21)31(30(18)19)24(20)14-28(22)32-26/h1-15H. The van der Waals surface area contributed by atoms with Crippen molar-refractivity contribution in [3.05, 3.63) is 91.0 Å². The lowest BCUT2D eigenvalue weighted by molar-refractivity contribution is 0.669. The van der Waals surface area contributed by atoms with Gasteiger partial charge in [-0.3, -0.25) is 0 Å². The highest BCUT2D eigenvalue weighted by atomic mass is 16.3. The summed E-state index contributed by atoms with van der Waals surface area (Å²) in [5.74, 6) is 0. The maximum Gasteiger partial charge on any atom is 0.137 e. The molecule has 0 aliphatic heterocycles. The first-order chi connectivity index (χ1) is 16.3. The number of benzene rings is 5.